The first-order valence-electron chi connectivity index (χ1n) is 9.36. The van der Waals surface area contributed by atoms with Crippen LogP contribution in [0.1, 0.15) is 25.7 Å². The Morgan fingerprint density at radius 3 is 2.17 bits per heavy atom. The van der Waals surface area contributed by atoms with Crippen molar-refractivity contribution in [3.8, 4) is 0 Å². The van der Waals surface area contributed by atoms with Gasteiger partial charge in [0.1, 0.15) is 0 Å². The molecular formula is C17H31N5OS. The molecule has 2 heterocycles. The van der Waals surface area contributed by atoms with Crippen LogP contribution in [0.2, 0.25) is 0 Å². The second-order valence-electron chi connectivity index (χ2n) is 7.38. The van der Waals surface area contributed by atoms with E-state index in [2.05, 4.69) is 27.1 Å². The molecule has 0 bridgehead atoms. The van der Waals surface area contributed by atoms with E-state index in [0.29, 0.717) is 12.6 Å². The number of carbonyl (C=O) groups is 1. The standard InChI is InChI=1S/C17H31N5OS/c1-19-6-10-21(11-7-19)16(23)14-20-8-12-22(13-9-20)17(24)18-15-4-2-3-5-15/h15H,2-14H2,1H3,(H,18,24). The van der Waals surface area contributed by atoms with Crippen molar-refractivity contribution >= 4 is 23.2 Å². The molecule has 6 nitrogen and oxygen atoms in total. The number of hydrogen-bond acceptors (Lipinski definition) is 4. The molecule has 2 saturated heterocycles. The highest BCUT2D eigenvalue weighted by Crippen LogP contribution is 2.18. The highest BCUT2D eigenvalue weighted by Gasteiger charge is 2.25. The van der Waals surface area contributed by atoms with Gasteiger partial charge in [-0.15, -0.1) is 0 Å². The van der Waals surface area contributed by atoms with Crippen LogP contribution >= 0.6 is 12.2 Å². The van der Waals surface area contributed by atoms with E-state index in [1.807, 2.05) is 4.90 Å². The lowest BCUT2D eigenvalue weighted by atomic mass is 10.2. The molecule has 0 unspecified atom stereocenters. The predicted molar refractivity (Wildman–Crippen MR) is 100 cm³/mol. The normalized spacial score (nSPS) is 24.4. The molecule has 1 aliphatic carbocycles. The molecule has 0 spiro atoms. The van der Waals surface area contributed by atoms with Crippen LogP contribution in [0.15, 0.2) is 0 Å². The molecule has 3 aliphatic rings. The molecule has 1 amide bonds. The summed E-state index contributed by atoms with van der Waals surface area (Å²) in [5.41, 5.74) is 0. The summed E-state index contributed by atoms with van der Waals surface area (Å²) in [4.78, 5) is 21.3. The quantitative estimate of drug-likeness (QED) is 0.731. The number of piperazine rings is 2. The average Bonchev–Trinajstić information content (AvgIpc) is 3.09. The van der Waals surface area contributed by atoms with Crippen LogP contribution < -0.4 is 5.32 Å². The van der Waals surface area contributed by atoms with Gasteiger partial charge in [0, 0.05) is 58.4 Å². The van der Waals surface area contributed by atoms with Gasteiger partial charge in [0.15, 0.2) is 5.11 Å². The minimum atomic E-state index is 0.281. The van der Waals surface area contributed by atoms with Crippen molar-refractivity contribution in [3.05, 3.63) is 0 Å². The molecule has 0 aromatic carbocycles. The SMILES string of the molecule is CN1CCN(C(=O)CN2CCN(C(=S)NC3CCCC3)CC2)CC1. The molecule has 0 atom stereocenters. The lowest BCUT2D eigenvalue weighted by Gasteiger charge is -2.38. The molecule has 0 radical (unpaired) electrons. The van der Waals surface area contributed by atoms with Crippen molar-refractivity contribution in [3.63, 3.8) is 0 Å². The zero-order chi connectivity index (χ0) is 16.9. The average molecular weight is 354 g/mol. The topological polar surface area (TPSA) is 42.1 Å². The van der Waals surface area contributed by atoms with Crippen molar-refractivity contribution in [1.29, 1.82) is 0 Å². The summed E-state index contributed by atoms with van der Waals surface area (Å²) < 4.78 is 0. The molecule has 3 fully saturated rings. The van der Waals surface area contributed by atoms with Gasteiger partial charge in [-0.3, -0.25) is 9.69 Å². The van der Waals surface area contributed by atoms with Gasteiger partial charge in [-0.2, -0.15) is 0 Å². The van der Waals surface area contributed by atoms with E-state index in [9.17, 15) is 4.79 Å². The fourth-order valence-corrected chi connectivity index (χ4v) is 4.14. The first kappa shape index (κ1) is 17.9. The largest absolute Gasteiger partial charge is 0.360 e. The highest BCUT2D eigenvalue weighted by molar-refractivity contribution is 7.80. The lowest BCUT2D eigenvalue weighted by molar-refractivity contribution is -0.134. The van der Waals surface area contributed by atoms with E-state index in [1.165, 1.54) is 25.7 Å². The number of carbonyl (C=O) groups excluding carboxylic acids is 1. The molecule has 24 heavy (non-hydrogen) atoms. The first-order valence-corrected chi connectivity index (χ1v) is 9.77. The first-order chi connectivity index (χ1) is 11.6. The maximum absolute atomic E-state index is 12.4. The Hall–Kier alpha value is -0.920. The fourth-order valence-electron chi connectivity index (χ4n) is 3.79. The van der Waals surface area contributed by atoms with Gasteiger partial charge in [0.25, 0.3) is 0 Å². The minimum Gasteiger partial charge on any atom is -0.360 e. The molecule has 0 aromatic heterocycles. The Kier molecular flexibility index (Phi) is 6.30. The van der Waals surface area contributed by atoms with E-state index < -0.39 is 0 Å². The molecule has 1 saturated carbocycles. The molecule has 3 rings (SSSR count). The van der Waals surface area contributed by atoms with Crippen LogP contribution in [0.4, 0.5) is 0 Å². The van der Waals surface area contributed by atoms with Gasteiger partial charge < -0.3 is 20.0 Å². The van der Waals surface area contributed by atoms with E-state index in [4.69, 9.17) is 12.2 Å². The van der Waals surface area contributed by atoms with Crippen LogP contribution in [0.5, 0.6) is 0 Å². The molecular weight excluding hydrogens is 322 g/mol. The molecule has 7 heteroatoms. The Labute approximate surface area is 151 Å². The van der Waals surface area contributed by atoms with Gasteiger partial charge in [-0.25, -0.2) is 0 Å². The fraction of sp³-hybridized carbons (Fsp3) is 0.882. The zero-order valence-corrected chi connectivity index (χ0v) is 15.7. The van der Waals surface area contributed by atoms with Gasteiger partial charge in [-0.1, -0.05) is 12.8 Å². The number of amides is 1. The lowest BCUT2D eigenvalue weighted by Crippen LogP contribution is -2.55. The maximum Gasteiger partial charge on any atom is 0.236 e. The van der Waals surface area contributed by atoms with Crippen molar-refractivity contribution in [2.75, 3.05) is 66.0 Å². The third-order valence-corrected chi connectivity index (χ3v) is 5.93. The summed E-state index contributed by atoms with van der Waals surface area (Å²) in [5.74, 6) is 0.281. The summed E-state index contributed by atoms with van der Waals surface area (Å²) in [7, 11) is 2.11. The van der Waals surface area contributed by atoms with E-state index in [-0.39, 0.29) is 5.91 Å². The van der Waals surface area contributed by atoms with E-state index >= 15 is 0 Å². The van der Waals surface area contributed by atoms with Crippen molar-refractivity contribution in [2.24, 2.45) is 0 Å². The van der Waals surface area contributed by atoms with Crippen LogP contribution in [0.3, 0.4) is 0 Å². The summed E-state index contributed by atoms with van der Waals surface area (Å²) >= 11 is 5.57. The number of hydrogen-bond donors (Lipinski definition) is 1. The third-order valence-electron chi connectivity index (χ3n) is 5.56. The number of rotatable bonds is 3. The monoisotopic (exact) mass is 353 g/mol. The number of nitrogens with zero attached hydrogens (tertiary/aromatic N) is 4. The van der Waals surface area contributed by atoms with E-state index in [0.717, 1.165) is 57.5 Å². The highest BCUT2D eigenvalue weighted by atomic mass is 32.1. The summed E-state index contributed by atoms with van der Waals surface area (Å²) in [6.07, 6.45) is 5.14. The van der Waals surface area contributed by atoms with Crippen LogP contribution in [0.25, 0.3) is 0 Å². The van der Waals surface area contributed by atoms with Crippen LogP contribution in [-0.2, 0) is 4.79 Å². The van der Waals surface area contributed by atoms with Crippen molar-refractivity contribution in [1.82, 2.24) is 24.9 Å². The molecule has 136 valence electrons. The Bertz CT molecular complexity index is 438. The molecule has 2 aliphatic heterocycles. The molecule has 1 N–H and O–H groups in total. The minimum absolute atomic E-state index is 0.281. The predicted octanol–water partition coefficient (Wildman–Crippen LogP) is 0.195. The van der Waals surface area contributed by atoms with Crippen LogP contribution in [-0.4, -0.2) is 103 Å². The van der Waals surface area contributed by atoms with Gasteiger partial charge in [0.05, 0.1) is 6.54 Å². The zero-order valence-electron chi connectivity index (χ0n) is 14.9. The van der Waals surface area contributed by atoms with Crippen molar-refractivity contribution < 1.29 is 4.79 Å². The Morgan fingerprint density at radius 2 is 1.54 bits per heavy atom. The number of nitrogens with one attached hydrogen (secondary N) is 1. The number of likely N-dealkylation sites (N-methyl/N-ethyl adjacent to an activating group) is 1. The van der Waals surface area contributed by atoms with Gasteiger partial charge in [0.2, 0.25) is 5.91 Å². The Morgan fingerprint density at radius 1 is 0.958 bits per heavy atom. The van der Waals surface area contributed by atoms with Crippen molar-refractivity contribution in [2.45, 2.75) is 31.7 Å². The van der Waals surface area contributed by atoms with E-state index in [1.54, 1.807) is 0 Å². The second kappa shape index (κ2) is 8.45. The summed E-state index contributed by atoms with van der Waals surface area (Å²) in [5, 5.41) is 4.43. The summed E-state index contributed by atoms with van der Waals surface area (Å²) in [6, 6.07) is 0.578. The smallest absolute Gasteiger partial charge is 0.236 e. The van der Waals surface area contributed by atoms with Gasteiger partial charge in [-0.05, 0) is 32.1 Å². The summed E-state index contributed by atoms with van der Waals surface area (Å²) in [6.45, 7) is 7.96. The van der Waals surface area contributed by atoms with Crippen LogP contribution in [0, 0.1) is 0 Å². The van der Waals surface area contributed by atoms with Gasteiger partial charge >= 0.3 is 0 Å². The third kappa shape index (κ3) is 4.80. The second-order valence-corrected chi connectivity index (χ2v) is 7.76. The number of thiocarbonyl (C=S) groups is 1. The maximum atomic E-state index is 12.4. The molecule has 0 aromatic rings. The Balaban J connectivity index is 1.37.